The summed E-state index contributed by atoms with van der Waals surface area (Å²) in [5.74, 6) is 0.905. The quantitative estimate of drug-likeness (QED) is 0.859. The summed E-state index contributed by atoms with van der Waals surface area (Å²) in [6.45, 7) is 4.07. The zero-order valence-electron chi connectivity index (χ0n) is 12.1. The van der Waals surface area contributed by atoms with E-state index in [0.29, 0.717) is 0 Å². The van der Waals surface area contributed by atoms with Crippen LogP contribution in [0.15, 0.2) is 29.3 Å². The van der Waals surface area contributed by atoms with E-state index in [2.05, 4.69) is 17.2 Å². The number of hydrogen-bond acceptors (Lipinski definition) is 3. The van der Waals surface area contributed by atoms with Gasteiger partial charge in [0.2, 0.25) is 0 Å². The molecule has 3 nitrogen and oxygen atoms in total. The number of halogens is 1. The number of thioether (sulfide) groups is 1. The summed E-state index contributed by atoms with van der Waals surface area (Å²) in [6.07, 6.45) is 0.864. The van der Waals surface area contributed by atoms with Gasteiger partial charge in [-0.2, -0.15) is 5.10 Å². The second-order valence-electron chi connectivity index (χ2n) is 5.09. The van der Waals surface area contributed by atoms with Gasteiger partial charge in [0.25, 0.3) is 0 Å². The fourth-order valence-corrected chi connectivity index (χ4v) is 3.41. The van der Waals surface area contributed by atoms with E-state index in [0.717, 1.165) is 22.9 Å². The maximum Gasteiger partial charge on any atom is 0.0975 e. The molecule has 0 spiro atoms. The van der Waals surface area contributed by atoms with E-state index < -0.39 is 0 Å². The van der Waals surface area contributed by atoms with E-state index >= 15 is 0 Å². The van der Waals surface area contributed by atoms with Crippen LogP contribution >= 0.6 is 23.4 Å². The Hall–Kier alpha value is -0.970. The summed E-state index contributed by atoms with van der Waals surface area (Å²) in [5, 5.41) is 6.48. The van der Waals surface area contributed by atoms with Crippen LogP contribution in [0.4, 0.5) is 0 Å². The van der Waals surface area contributed by atoms with Gasteiger partial charge in [-0.25, -0.2) is 0 Å². The maximum absolute atomic E-state index is 5.93. The highest BCUT2D eigenvalue weighted by molar-refractivity contribution is 7.98. The number of benzene rings is 1. The Morgan fingerprint density at radius 2 is 2.00 bits per heavy atom. The molecule has 1 aromatic carbocycles. The van der Waals surface area contributed by atoms with Gasteiger partial charge >= 0.3 is 0 Å². The van der Waals surface area contributed by atoms with E-state index in [1.807, 2.05) is 37.7 Å². The fourth-order valence-electron chi connectivity index (χ4n) is 2.15. The van der Waals surface area contributed by atoms with Crippen LogP contribution in [0.25, 0.3) is 0 Å². The molecule has 20 heavy (non-hydrogen) atoms. The molecule has 1 aromatic heterocycles. The van der Waals surface area contributed by atoms with Crippen LogP contribution in [-0.4, -0.2) is 15.8 Å². The van der Waals surface area contributed by atoms with E-state index in [1.165, 1.54) is 16.2 Å². The Balaban J connectivity index is 2.14. The van der Waals surface area contributed by atoms with Gasteiger partial charge in [0.1, 0.15) is 0 Å². The van der Waals surface area contributed by atoms with Crippen LogP contribution in [-0.2, 0) is 19.2 Å². The summed E-state index contributed by atoms with van der Waals surface area (Å²) < 4.78 is 1.95. The lowest BCUT2D eigenvalue weighted by molar-refractivity contribution is 0.677. The van der Waals surface area contributed by atoms with Gasteiger partial charge < -0.3 is 5.73 Å². The number of aryl methyl sites for hydroxylation is 2. The summed E-state index contributed by atoms with van der Waals surface area (Å²) in [6, 6.07) is 8.12. The zero-order chi connectivity index (χ0) is 14.7. The summed E-state index contributed by atoms with van der Waals surface area (Å²) in [4.78, 5) is 0. The second-order valence-corrected chi connectivity index (χ2v) is 6.49. The van der Waals surface area contributed by atoms with Crippen LogP contribution in [0.3, 0.4) is 0 Å². The van der Waals surface area contributed by atoms with Crippen LogP contribution < -0.4 is 5.73 Å². The average molecular weight is 310 g/mol. The van der Waals surface area contributed by atoms with Crippen molar-refractivity contribution in [3.8, 4) is 0 Å². The number of nitrogens with two attached hydrogens (primary N) is 1. The minimum atomic E-state index is 0.146. The number of hydrogen-bond donors (Lipinski definition) is 1. The molecule has 0 saturated carbocycles. The maximum atomic E-state index is 5.93. The molecule has 5 heteroatoms. The topological polar surface area (TPSA) is 43.8 Å². The number of aromatic nitrogens is 2. The highest BCUT2D eigenvalue weighted by Crippen LogP contribution is 2.29. The molecule has 0 bridgehead atoms. The van der Waals surface area contributed by atoms with Crippen LogP contribution in [0.1, 0.15) is 23.7 Å². The van der Waals surface area contributed by atoms with Crippen molar-refractivity contribution >= 4 is 23.4 Å². The average Bonchev–Trinajstić information content (AvgIpc) is 2.63. The number of rotatable bonds is 5. The fraction of sp³-hybridized carbons (Fsp3) is 0.400. The molecule has 1 unspecified atom stereocenters. The molecular formula is C15H20ClN3S. The zero-order valence-corrected chi connectivity index (χ0v) is 13.6. The van der Waals surface area contributed by atoms with Crippen molar-refractivity contribution < 1.29 is 0 Å². The predicted molar refractivity (Wildman–Crippen MR) is 86.3 cm³/mol. The Morgan fingerprint density at radius 1 is 1.35 bits per heavy atom. The molecule has 1 atom stereocenters. The largest absolute Gasteiger partial charge is 0.328 e. The van der Waals surface area contributed by atoms with Crippen molar-refractivity contribution in [2.24, 2.45) is 12.8 Å². The second kappa shape index (κ2) is 6.66. The minimum absolute atomic E-state index is 0.146. The molecule has 0 saturated heterocycles. The third-order valence-corrected chi connectivity index (χ3v) is 4.62. The van der Waals surface area contributed by atoms with Crippen LogP contribution in [0.5, 0.6) is 0 Å². The molecular weight excluding hydrogens is 290 g/mol. The Kier molecular flexibility index (Phi) is 5.13. The molecule has 0 radical (unpaired) electrons. The SMILES string of the molecule is Cc1nn(C)c(SCc2ccc(Cl)cc2)c1CC(C)N. The van der Waals surface area contributed by atoms with Crippen molar-refractivity contribution in [3.63, 3.8) is 0 Å². The van der Waals surface area contributed by atoms with Gasteiger partial charge in [0.05, 0.1) is 10.7 Å². The lowest BCUT2D eigenvalue weighted by atomic mass is 10.1. The Labute approximate surface area is 129 Å². The van der Waals surface area contributed by atoms with Crippen LogP contribution in [0.2, 0.25) is 5.02 Å². The van der Waals surface area contributed by atoms with Gasteiger partial charge in [0.15, 0.2) is 0 Å². The lowest BCUT2D eigenvalue weighted by Crippen LogP contribution is -2.18. The van der Waals surface area contributed by atoms with Crippen molar-refractivity contribution in [1.82, 2.24) is 9.78 Å². The molecule has 0 aliphatic rings. The first-order chi connectivity index (χ1) is 9.47. The molecule has 0 aliphatic heterocycles. The van der Waals surface area contributed by atoms with Crippen molar-refractivity contribution in [3.05, 3.63) is 46.1 Å². The smallest absolute Gasteiger partial charge is 0.0975 e. The minimum Gasteiger partial charge on any atom is -0.328 e. The Bertz CT molecular complexity index is 576. The molecule has 0 fully saturated rings. The van der Waals surface area contributed by atoms with Crippen molar-refractivity contribution in [1.29, 1.82) is 0 Å². The van der Waals surface area contributed by atoms with Gasteiger partial charge in [-0.3, -0.25) is 4.68 Å². The highest BCUT2D eigenvalue weighted by atomic mass is 35.5. The first-order valence-electron chi connectivity index (χ1n) is 6.62. The molecule has 108 valence electrons. The first kappa shape index (κ1) is 15.4. The van der Waals surface area contributed by atoms with Crippen LogP contribution in [0, 0.1) is 6.92 Å². The molecule has 2 rings (SSSR count). The number of nitrogens with zero attached hydrogens (tertiary/aromatic N) is 2. The van der Waals surface area contributed by atoms with Crippen molar-refractivity contribution in [2.75, 3.05) is 0 Å². The van der Waals surface area contributed by atoms with E-state index in [9.17, 15) is 0 Å². The van der Waals surface area contributed by atoms with Gasteiger partial charge in [-0.05, 0) is 38.0 Å². The summed E-state index contributed by atoms with van der Waals surface area (Å²) in [5.41, 5.74) is 9.53. The predicted octanol–water partition coefficient (Wildman–Crippen LogP) is 3.56. The molecule has 2 N–H and O–H groups in total. The van der Waals surface area contributed by atoms with E-state index in [1.54, 1.807) is 11.8 Å². The third kappa shape index (κ3) is 3.78. The highest BCUT2D eigenvalue weighted by Gasteiger charge is 2.15. The van der Waals surface area contributed by atoms with Gasteiger partial charge in [-0.1, -0.05) is 23.7 Å². The lowest BCUT2D eigenvalue weighted by Gasteiger charge is -2.09. The van der Waals surface area contributed by atoms with E-state index in [4.69, 9.17) is 17.3 Å². The van der Waals surface area contributed by atoms with Gasteiger partial charge in [-0.15, -0.1) is 11.8 Å². The molecule has 2 aromatic rings. The first-order valence-corrected chi connectivity index (χ1v) is 7.99. The normalized spacial score (nSPS) is 12.7. The molecule has 1 heterocycles. The Morgan fingerprint density at radius 3 is 2.60 bits per heavy atom. The van der Waals surface area contributed by atoms with Crippen molar-refractivity contribution in [2.45, 2.75) is 37.1 Å². The van der Waals surface area contributed by atoms with E-state index in [-0.39, 0.29) is 6.04 Å². The summed E-state index contributed by atoms with van der Waals surface area (Å²) >= 11 is 7.70. The summed E-state index contributed by atoms with van der Waals surface area (Å²) in [7, 11) is 1.99. The standard InChI is InChI=1S/C15H20ClN3S/c1-10(17)8-14-11(2)18-19(3)15(14)20-9-12-4-6-13(16)7-5-12/h4-7,10H,8-9,17H2,1-3H3. The monoisotopic (exact) mass is 309 g/mol. The molecule has 0 amide bonds. The molecule has 0 aliphatic carbocycles. The van der Waals surface area contributed by atoms with Gasteiger partial charge in [0, 0.05) is 29.4 Å². The third-order valence-electron chi connectivity index (χ3n) is 3.10.